The molecule has 2 aromatic rings. The lowest BCUT2D eigenvalue weighted by Gasteiger charge is -2.00. The van der Waals surface area contributed by atoms with Crippen LogP contribution in [0.5, 0.6) is 0 Å². The maximum Gasteiger partial charge on any atom is 0.304 e. The molecule has 108 valence electrons. The Bertz CT molecular complexity index is 708. The van der Waals surface area contributed by atoms with Crippen LogP contribution in [0, 0.1) is 10.1 Å². The van der Waals surface area contributed by atoms with E-state index in [1.54, 1.807) is 0 Å². The Morgan fingerprint density at radius 2 is 2.30 bits per heavy atom. The highest BCUT2D eigenvalue weighted by molar-refractivity contribution is 7.91. The highest BCUT2D eigenvalue weighted by atomic mass is 32.2. The number of sulfonamides is 1. The van der Waals surface area contributed by atoms with Gasteiger partial charge in [-0.1, -0.05) is 16.5 Å². The number of anilines is 1. The van der Waals surface area contributed by atoms with Crippen molar-refractivity contribution in [2.24, 2.45) is 0 Å². The molecule has 0 atom stereocenters. The zero-order chi connectivity index (χ0) is 14.8. The minimum absolute atomic E-state index is 0.161. The summed E-state index contributed by atoms with van der Waals surface area (Å²) in [4.78, 5) is 13.8. The average molecular weight is 319 g/mol. The van der Waals surface area contributed by atoms with Crippen molar-refractivity contribution < 1.29 is 17.9 Å². The second-order valence-corrected chi connectivity index (χ2v) is 6.50. The van der Waals surface area contributed by atoms with E-state index in [1.807, 2.05) is 0 Å². The third-order valence-corrected chi connectivity index (χ3v) is 5.22. The van der Waals surface area contributed by atoms with E-state index >= 15 is 0 Å². The normalized spacial score (nSPS) is 11.4. The molecule has 0 aliphatic heterocycles. The van der Waals surface area contributed by atoms with Gasteiger partial charge in [-0.2, -0.15) is 4.98 Å². The van der Waals surface area contributed by atoms with Crippen molar-refractivity contribution in [3.63, 3.8) is 0 Å². The van der Waals surface area contributed by atoms with Gasteiger partial charge in [-0.3, -0.25) is 10.1 Å². The molecule has 2 rings (SSSR count). The number of nitrogens with one attached hydrogen (secondary N) is 2. The lowest BCUT2D eigenvalue weighted by Crippen LogP contribution is -2.22. The summed E-state index contributed by atoms with van der Waals surface area (Å²) in [7, 11) is -2.41. The van der Waals surface area contributed by atoms with E-state index in [2.05, 4.69) is 24.7 Å². The van der Waals surface area contributed by atoms with Gasteiger partial charge in [0.15, 0.2) is 10.8 Å². The zero-order valence-corrected chi connectivity index (χ0v) is 11.7. The Morgan fingerprint density at radius 3 is 2.80 bits per heavy atom. The Hall–Kier alpha value is -2.05. The number of nitro groups is 1. The summed E-state index contributed by atoms with van der Waals surface area (Å²) in [6.07, 6.45) is 1.07. The lowest BCUT2D eigenvalue weighted by atomic mass is 10.5. The van der Waals surface area contributed by atoms with E-state index in [9.17, 15) is 18.5 Å². The summed E-state index contributed by atoms with van der Waals surface area (Å²) in [5, 5.41) is 17.0. The molecular weight excluding hydrogens is 310 g/mol. The molecule has 20 heavy (non-hydrogen) atoms. The molecule has 0 saturated heterocycles. The van der Waals surface area contributed by atoms with E-state index in [0.29, 0.717) is 0 Å². The Balaban J connectivity index is 2.23. The highest BCUT2D eigenvalue weighted by Gasteiger charge is 2.25. The van der Waals surface area contributed by atoms with Crippen LogP contribution < -0.4 is 10.0 Å². The van der Waals surface area contributed by atoms with Gasteiger partial charge in [0.1, 0.15) is 4.21 Å². The average Bonchev–Trinajstić information content (AvgIpc) is 3.05. The highest BCUT2D eigenvalue weighted by Crippen LogP contribution is 2.36. The summed E-state index contributed by atoms with van der Waals surface area (Å²) in [5.41, 5.74) is -0.294. The van der Waals surface area contributed by atoms with Crippen LogP contribution in [-0.2, 0) is 16.6 Å². The van der Waals surface area contributed by atoms with Gasteiger partial charge in [0.05, 0.1) is 11.5 Å². The van der Waals surface area contributed by atoms with Crippen molar-refractivity contribution in [3.05, 3.63) is 28.4 Å². The standard InChI is InChI=1S/C8H9N5O5S2/c1-9-8-5(13(14)15)2-7(19-8)20(16,17)11-3-6-10-4-18-12-6/h2,4,9,11H,3H2,1H3. The second kappa shape index (κ2) is 5.52. The molecule has 0 aliphatic carbocycles. The molecule has 0 spiro atoms. The first-order chi connectivity index (χ1) is 9.44. The summed E-state index contributed by atoms with van der Waals surface area (Å²) in [6.45, 7) is -0.167. The Kier molecular flexibility index (Phi) is 3.96. The van der Waals surface area contributed by atoms with Gasteiger partial charge in [-0.15, -0.1) is 0 Å². The van der Waals surface area contributed by atoms with Gasteiger partial charge >= 0.3 is 5.69 Å². The van der Waals surface area contributed by atoms with Crippen LogP contribution >= 0.6 is 11.3 Å². The van der Waals surface area contributed by atoms with Crippen molar-refractivity contribution in [2.45, 2.75) is 10.8 Å². The van der Waals surface area contributed by atoms with Crippen molar-refractivity contribution in [2.75, 3.05) is 12.4 Å². The molecule has 0 amide bonds. The first kappa shape index (κ1) is 14.4. The van der Waals surface area contributed by atoms with Crippen LogP contribution in [0.2, 0.25) is 0 Å². The van der Waals surface area contributed by atoms with Crippen LogP contribution in [0.1, 0.15) is 5.82 Å². The molecule has 0 aliphatic rings. The van der Waals surface area contributed by atoms with Crippen molar-refractivity contribution in [1.82, 2.24) is 14.9 Å². The van der Waals surface area contributed by atoms with Crippen LogP contribution in [0.3, 0.4) is 0 Å². The summed E-state index contributed by atoms with van der Waals surface area (Å²) < 4.78 is 30.5. The summed E-state index contributed by atoms with van der Waals surface area (Å²) >= 11 is 0.764. The topological polar surface area (TPSA) is 140 Å². The fourth-order valence-electron chi connectivity index (χ4n) is 1.31. The maximum absolute atomic E-state index is 12.0. The molecule has 10 nitrogen and oxygen atoms in total. The minimum atomic E-state index is -3.88. The number of hydrogen-bond donors (Lipinski definition) is 2. The van der Waals surface area contributed by atoms with Crippen molar-refractivity contribution in [1.29, 1.82) is 0 Å². The SMILES string of the molecule is CNc1sc(S(=O)(=O)NCc2ncon2)cc1[N+](=O)[O-]. The quantitative estimate of drug-likeness (QED) is 0.581. The lowest BCUT2D eigenvalue weighted by molar-refractivity contribution is -0.383. The molecule has 0 aromatic carbocycles. The van der Waals surface area contributed by atoms with Gasteiger partial charge in [0.2, 0.25) is 6.39 Å². The summed E-state index contributed by atoms with van der Waals surface area (Å²) in [5.74, 6) is 0.161. The van der Waals surface area contributed by atoms with Crippen LogP contribution in [-0.4, -0.2) is 30.5 Å². The number of rotatable bonds is 6. The molecule has 0 fully saturated rings. The Labute approximate surface area is 117 Å². The predicted molar refractivity (Wildman–Crippen MR) is 68.8 cm³/mol. The first-order valence-electron chi connectivity index (χ1n) is 5.15. The molecule has 0 bridgehead atoms. The van der Waals surface area contributed by atoms with E-state index in [0.717, 1.165) is 23.8 Å². The number of aromatic nitrogens is 2. The molecule has 12 heteroatoms. The van der Waals surface area contributed by atoms with Crippen molar-refractivity contribution in [3.8, 4) is 0 Å². The molecule has 0 unspecified atom stereocenters. The maximum atomic E-state index is 12.0. The van der Waals surface area contributed by atoms with Crippen LogP contribution in [0.15, 0.2) is 21.2 Å². The fraction of sp³-hybridized carbons (Fsp3) is 0.250. The van der Waals surface area contributed by atoms with Crippen LogP contribution in [0.4, 0.5) is 10.7 Å². The van der Waals surface area contributed by atoms with E-state index in [-0.39, 0.29) is 27.3 Å². The Morgan fingerprint density at radius 1 is 1.55 bits per heavy atom. The number of thiophene rings is 1. The zero-order valence-electron chi connectivity index (χ0n) is 10.1. The van der Waals surface area contributed by atoms with Gasteiger partial charge in [-0.25, -0.2) is 13.1 Å². The summed E-state index contributed by atoms with van der Waals surface area (Å²) in [6, 6.07) is 0.995. The fourth-order valence-corrected chi connectivity index (χ4v) is 3.61. The number of hydrogen-bond acceptors (Lipinski definition) is 9. The second-order valence-electron chi connectivity index (χ2n) is 3.46. The minimum Gasteiger partial charge on any atom is -0.374 e. The predicted octanol–water partition coefficient (Wildman–Crippen LogP) is 0.559. The van der Waals surface area contributed by atoms with Crippen LogP contribution in [0.25, 0.3) is 0 Å². The van der Waals surface area contributed by atoms with E-state index < -0.39 is 14.9 Å². The molecule has 0 radical (unpaired) electrons. The largest absolute Gasteiger partial charge is 0.374 e. The smallest absolute Gasteiger partial charge is 0.304 e. The third-order valence-electron chi connectivity index (χ3n) is 2.21. The molecule has 2 aromatic heterocycles. The van der Waals surface area contributed by atoms with E-state index in [4.69, 9.17) is 0 Å². The molecular formula is C8H9N5O5S2. The van der Waals surface area contributed by atoms with Gasteiger partial charge < -0.3 is 9.84 Å². The van der Waals surface area contributed by atoms with E-state index in [1.165, 1.54) is 7.05 Å². The van der Waals surface area contributed by atoms with Gasteiger partial charge in [-0.05, 0) is 0 Å². The molecule has 0 saturated carbocycles. The first-order valence-corrected chi connectivity index (χ1v) is 7.45. The number of nitrogens with zero attached hydrogens (tertiary/aromatic N) is 3. The van der Waals surface area contributed by atoms with Gasteiger partial charge in [0.25, 0.3) is 10.0 Å². The van der Waals surface area contributed by atoms with Crippen molar-refractivity contribution >= 4 is 32.0 Å². The third kappa shape index (κ3) is 2.92. The monoisotopic (exact) mass is 319 g/mol. The molecule has 2 heterocycles. The van der Waals surface area contributed by atoms with Gasteiger partial charge in [0, 0.05) is 13.1 Å². The molecule has 2 N–H and O–H groups in total.